The summed E-state index contributed by atoms with van der Waals surface area (Å²) in [5.74, 6) is 0.00413. The normalized spacial score (nSPS) is 10.2. The van der Waals surface area contributed by atoms with Crippen LogP contribution in [-0.2, 0) is 11.2 Å². The zero-order valence-corrected chi connectivity index (χ0v) is 12.6. The van der Waals surface area contributed by atoms with Gasteiger partial charge in [0.1, 0.15) is 0 Å². The van der Waals surface area contributed by atoms with Crippen molar-refractivity contribution in [2.75, 3.05) is 11.1 Å². The van der Waals surface area contributed by atoms with Crippen LogP contribution in [0.2, 0.25) is 0 Å². The second-order valence-corrected chi connectivity index (χ2v) is 5.50. The van der Waals surface area contributed by atoms with E-state index in [2.05, 4.69) is 27.9 Å². The van der Waals surface area contributed by atoms with Gasteiger partial charge in [0.25, 0.3) is 0 Å². The molecule has 0 bridgehead atoms. The monoisotopic (exact) mass is 366 g/mol. The molecule has 3 N–H and O–H groups in total. The molecule has 4 heteroatoms. The average molecular weight is 366 g/mol. The van der Waals surface area contributed by atoms with Crippen LogP contribution in [0.4, 0.5) is 11.4 Å². The lowest BCUT2D eigenvalue weighted by Crippen LogP contribution is -2.12. The van der Waals surface area contributed by atoms with Crippen molar-refractivity contribution < 1.29 is 4.79 Å². The Kier molecular flexibility index (Phi) is 4.79. The molecule has 0 fully saturated rings. The number of rotatable bonds is 4. The van der Waals surface area contributed by atoms with E-state index in [0.29, 0.717) is 12.8 Å². The first-order chi connectivity index (χ1) is 9.15. The number of anilines is 2. The number of hydrogen-bond donors (Lipinski definition) is 2. The topological polar surface area (TPSA) is 55.1 Å². The number of benzene rings is 2. The van der Waals surface area contributed by atoms with E-state index < -0.39 is 0 Å². The number of nitrogen functional groups attached to an aromatic ring is 1. The van der Waals surface area contributed by atoms with Gasteiger partial charge in [-0.15, -0.1) is 0 Å². The Bertz CT molecular complexity index is 567. The number of nitrogens with two attached hydrogens (primary N) is 1. The molecule has 2 aromatic rings. The van der Waals surface area contributed by atoms with E-state index in [1.54, 1.807) is 0 Å². The van der Waals surface area contributed by atoms with Gasteiger partial charge in [0, 0.05) is 21.4 Å². The summed E-state index contributed by atoms with van der Waals surface area (Å²) in [6, 6.07) is 15.4. The smallest absolute Gasteiger partial charge is 0.224 e. The summed E-state index contributed by atoms with van der Waals surface area (Å²) in [6.07, 6.45) is 1.09. The van der Waals surface area contributed by atoms with Gasteiger partial charge in [0.05, 0.1) is 0 Å². The second-order valence-electron chi connectivity index (χ2n) is 4.25. The molecule has 3 nitrogen and oxygen atoms in total. The highest BCUT2D eigenvalue weighted by atomic mass is 127. The maximum atomic E-state index is 11.8. The average Bonchev–Trinajstić information content (AvgIpc) is 2.40. The molecule has 2 rings (SSSR count). The molecule has 2 aromatic carbocycles. The molecular formula is C15H15IN2O. The van der Waals surface area contributed by atoms with Gasteiger partial charge in [-0.3, -0.25) is 4.79 Å². The van der Waals surface area contributed by atoms with Gasteiger partial charge in [-0.05, 0) is 64.9 Å². The number of hydrogen-bond acceptors (Lipinski definition) is 2. The van der Waals surface area contributed by atoms with Gasteiger partial charge in [0.15, 0.2) is 0 Å². The Labute approximate surface area is 126 Å². The first-order valence-corrected chi connectivity index (χ1v) is 7.12. The molecule has 0 radical (unpaired) electrons. The van der Waals surface area contributed by atoms with Gasteiger partial charge >= 0.3 is 0 Å². The van der Waals surface area contributed by atoms with Gasteiger partial charge in [-0.1, -0.05) is 18.2 Å². The van der Waals surface area contributed by atoms with E-state index >= 15 is 0 Å². The summed E-state index contributed by atoms with van der Waals surface area (Å²) >= 11 is 2.23. The number of carbonyl (C=O) groups excluding carboxylic acids is 1. The van der Waals surface area contributed by atoms with E-state index in [4.69, 9.17) is 5.73 Å². The molecule has 0 unspecified atom stereocenters. The predicted molar refractivity (Wildman–Crippen MR) is 87.0 cm³/mol. The number of halogens is 1. The highest BCUT2D eigenvalue weighted by Crippen LogP contribution is 2.14. The third kappa shape index (κ3) is 4.24. The minimum absolute atomic E-state index is 0.00413. The van der Waals surface area contributed by atoms with Crippen LogP contribution >= 0.6 is 22.6 Å². The van der Waals surface area contributed by atoms with Crippen LogP contribution in [0.5, 0.6) is 0 Å². The minimum Gasteiger partial charge on any atom is -0.399 e. The SMILES string of the molecule is Nc1ccccc1CCC(=O)Nc1ccc(I)cc1. The Morgan fingerprint density at radius 2 is 1.79 bits per heavy atom. The lowest BCUT2D eigenvalue weighted by atomic mass is 10.1. The number of nitrogens with one attached hydrogen (secondary N) is 1. The molecule has 0 spiro atoms. The van der Waals surface area contributed by atoms with E-state index in [-0.39, 0.29) is 5.91 Å². The fourth-order valence-corrected chi connectivity index (χ4v) is 2.13. The summed E-state index contributed by atoms with van der Waals surface area (Å²) in [4.78, 5) is 11.8. The molecule has 0 saturated heterocycles. The summed E-state index contributed by atoms with van der Waals surface area (Å²) in [5, 5.41) is 2.88. The fraction of sp³-hybridized carbons (Fsp3) is 0.133. The standard InChI is InChI=1S/C15H15IN2O/c16-12-6-8-13(9-7-12)18-15(19)10-5-11-3-1-2-4-14(11)17/h1-4,6-9H,5,10,17H2,(H,18,19). The van der Waals surface area contributed by atoms with Gasteiger partial charge < -0.3 is 11.1 Å². The quantitative estimate of drug-likeness (QED) is 0.643. The van der Waals surface area contributed by atoms with E-state index in [1.807, 2.05) is 48.5 Å². The summed E-state index contributed by atoms with van der Waals surface area (Å²) in [6.45, 7) is 0. The van der Waals surface area contributed by atoms with Gasteiger partial charge in [-0.2, -0.15) is 0 Å². The summed E-state index contributed by atoms with van der Waals surface area (Å²) < 4.78 is 1.15. The summed E-state index contributed by atoms with van der Waals surface area (Å²) in [5.41, 5.74) is 8.42. The Morgan fingerprint density at radius 1 is 1.11 bits per heavy atom. The van der Waals surface area contributed by atoms with Crippen LogP contribution in [0, 0.1) is 3.57 Å². The Balaban J connectivity index is 1.88. The minimum atomic E-state index is 0.00413. The Morgan fingerprint density at radius 3 is 2.47 bits per heavy atom. The largest absolute Gasteiger partial charge is 0.399 e. The van der Waals surface area contributed by atoms with Gasteiger partial charge in [-0.25, -0.2) is 0 Å². The van der Waals surface area contributed by atoms with E-state index in [9.17, 15) is 4.79 Å². The molecule has 0 aliphatic heterocycles. The first-order valence-electron chi connectivity index (χ1n) is 6.04. The summed E-state index contributed by atoms with van der Waals surface area (Å²) in [7, 11) is 0. The number of carbonyl (C=O) groups is 1. The van der Waals surface area contributed by atoms with Crippen molar-refractivity contribution >= 4 is 39.9 Å². The van der Waals surface area contributed by atoms with E-state index in [0.717, 1.165) is 20.5 Å². The number of amides is 1. The molecule has 0 aliphatic carbocycles. The molecule has 0 atom stereocenters. The molecule has 1 amide bonds. The van der Waals surface area contributed by atoms with E-state index in [1.165, 1.54) is 0 Å². The molecule has 98 valence electrons. The third-order valence-corrected chi connectivity index (χ3v) is 3.52. The van der Waals surface area contributed by atoms with Crippen molar-refractivity contribution in [3.63, 3.8) is 0 Å². The van der Waals surface area contributed by atoms with Crippen molar-refractivity contribution in [3.8, 4) is 0 Å². The highest BCUT2D eigenvalue weighted by Gasteiger charge is 2.04. The molecule has 19 heavy (non-hydrogen) atoms. The van der Waals surface area contributed by atoms with Crippen molar-refractivity contribution in [2.45, 2.75) is 12.8 Å². The zero-order valence-electron chi connectivity index (χ0n) is 10.4. The van der Waals surface area contributed by atoms with Crippen LogP contribution in [0.1, 0.15) is 12.0 Å². The third-order valence-electron chi connectivity index (χ3n) is 2.80. The predicted octanol–water partition coefficient (Wildman–Crippen LogP) is 3.44. The van der Waals surface area contributed by atoms with Crippen molar-refractivity contribution in [1.82, 2.24) is 0 Å². The molecule has 0 heterocycles. The maximum Gasteiger partial charge on any atom is 0.224 e. The lowest BCUT2D eigenvalue weighted by Gasteiger charge is -2.07. The van der Waals surface area contributed by atoms with Crippen molar-refractivity contribution in [3.05, 3.63) is 57.7 Å². The first kappa shape index (κ1) is 13.9. The highest BCUT2D eigenvalue weighted by molar-refractivity contribution is 14.1. The van der Waals surface area contributed by atoms with Gasteiger partial charge in [0.2, 0.25) is 5.91 Å². The zero-order chi connectivity index (χ0) is 13.7. The van der Waals surface area contributed by atoms with Crippen LogP contribution in [-0.4, -0.2) is 5.91 Å². The number of aryl methyl sites for hydroxylation is 1. The van der Waals surface area contributed by atoms with Crippen LogP contribution < -0.4 is 11.1 Å². The van der Waals surface area contributed by atoms with Crippen LogP contribution in [0.25, 0.3) is 0 Å². The molecular weight excluding hydrogens is 351 g/mol. The molecule has 0 aromatic heterocycles. The molecule has 0 saturated carbocycles. The fourth-order valence-electron chi connectivity index (χ4n) is 1.77. The van der Waals surface area contributed by atoms with Crippen molar-refractivity contribution in [1.29, 1.82) is 0 Å². The Hall–Kier alpha value is -1.56. The van der Waals surface area contributed by atoms with Crippen LogP contribution in [0.15, 0.2) is 48.5 Å². The molecule has 0 aliphatic rings. The maximum absolute atomic E-state index is 11.8. The number of para-hydroxylation sites is 1. The second kappa shape index (κ2) is 6.56. The van der Waals surface area contributed by atoms with Crippen LogP contribution in [0.3, 0.4) is 0 Å². The van der Waals surface area contributed by atoms with Crippen molar-refractivity contribution in [2.24, 2.45) is 0 Å². The lowest BCUT2D eigenvalue weighted by molar-refractivity contribution is -0.116.